The minimum absolute atomic E-state index is 0.181. The fourth-order valence-electron chi connectivity index (χ4n) is 1.48. The van der Waals surface area contributed by atoms with Gasteiger partial charge in [0.2, 0.25) is 11.8 Å². The summed E-state index contributed by atoms with van der Waals surface area (Å²) in [5.41, 5.74) is 6.31. The quantitative estimate of drug-likeness (QED) is 0.296. The molecule has 0 fully saturated rings. The largest absolute Gasteiger partial charge is 0.480 e. The van der Waals surface area contributed by atoms with Crippen molar-refractivity contribution in [2.75, 3.05) is 13.2 Å². The van der Waals surface area contributed by atoms with Crippen molar-refractivity contribution in [3.63, 3.8) is 0 Å². The molecule has 10 nitrogen and oxygen atoms in total. The first-order chi connectivity index (χ1) is 9.93. The average Bonchev–Trinajstić information content (AvgIpc) is 2.94. The number of aliphatic carboxylic acids is 1. The Morgan fingerprint density at radius 1 is 1.38 bits per heavy atom. The molecule has 0 aromatic carbocycles. The molecule has 0 unspecified atom stereocenters. The molecule has 10 heteroatoms. The molecule has 0 aliphatic heterocycles. The first-order valence-electron chi connectivity index (χ1n) is 6.07. The van der Waals surface area contributed by atoms with E-state index < -0.39 is 43.0 Å². The summed E-state index contributed by atoms with van der Waals surface area (Å²) in [7, 11) is 0. The van der Waals surface area contributed by atoms with Gasteiger partial charge in [0.15, 0.2) is 0 Å². The molecular weight excluding hydrogens is 282 g/mol. The summed E-state index contributed by atoms with van der Waals surface area (Å²) in [6, 6.07) is -2.20. The summed E-state index contributed by atoms with van der Waals surface area (Å²) in [6.45, 7) is -1.28. The van der Waals surface area contributed by atoms with Crippen molar-refractivity contribution in [3.05, 3.63) is 18.2 Å². The van der Waals surface area contributed by atoms with E-state index in [1.54, 1.807) is 0 Å². The maximum absolute atomic E-state index is 11.8. The van der Waals surface area contributed by atoms with E-state index in [9.17, 15) is 14.4 Å². The number of nitrogens with one attached hydrogen (secondary N) is 3. The van der Waals surface area contributed by atoms with Crippen LogP contribution in [-0.4, -0.2) is 63.2 Å². The number of rotatable bonds is 8. The van der Waals surface area contributed by atoms with Crippen molar-refractivity contribution in [1.82, 2.24) is 20.6 Å². The zero-order valence-electron chi connectivity index (χ0n) is 11.1. The van der Waals surface area contributed by atoms with E-state index in [0.717, 1.165) is 0 Å². The van der Waals surface area contributed by atoms with Crippen molar-refractivity contribution < 1.29 is 24.6 Å². The molecule has 1 rings (SSSR count). The smallest absolute Gasteiger partial charge is 0.322 e. The van der Waals surface area contributed by atoms with Crippen LogP contribution in [0.25, 0.3) is 0 Å². The molecule has 2 atom stereocenters. The van der Waals surface area contributed by atoms with Gasteiger partial charge < -0.3 is 31.6 Å². The van der Waals surface area contributed by atoms with Gasteiger partial charge in [0.1, 0.15) is 12.6 Å². The van der Waals surface area contributed by atoms with Crippen LogP contribution in [0, 0.1) is 0 Å². The lowest BCUT2D eigenvalue weighted by Crippen LogP contribution is -2.54. The number of hydrogen-bond donors (Lipinski definition) is 6. The van der Waals surface area contributed by atoms with Crippen LogP contribution >= 0.6 is 0 Å². The molecular formula is C11H17N5O5. The van der Waals surface area contributed by atoms with Crippen LogP contribution in [0.3, 0.4) is 0 Å². The number of aromatic nitrogens is 2. The van der Waals surface area contributed by atoms with Gasteiger partial charge in [-0.05, 0) is 0 Å². The Labute approximate surface area is 119 Å². The van der Waals surface area contributed by atoms with E-state index in [1.165, 1.54) is 12.5 Å². The van der Waals surface area contributed by atoms with Crippen LogP contribution in [0.15, 0.2) is 12.5 Å². The number of amides is 2. The minimum atomic E-state index is -1.26. The van der Waals surface area contributed by atoms with Crippen molar-refractivity contribution in [2.24, 2.45) is 5.73 Å². The molecule has 0 radical (unpaired) electrons. The number of aromatic amines is 1. The fourth-order valence-corrected chi connectivity index (χ4v) is 1.48. The maximum Gasteiger partial charge on any atom is 0.322 e. The Hall–Kier alpha value is -2.46. The zero-order chi connectivity index (χ0) is 15.8. The number of nitrogens with zero attached hydrogens (tertiary/aromatic N) is 1. The van der Waals surface area contributed by atoms with Crippen LogP contribution in [-0.2, 0) is 20.8 Å². The molecule has 0 spiro atoms. The van der Waals surface area contributed by atoms with Crippen molar-refractivity contribution in [2.45, 2.75) is 18.5 Å². The number of H-pyrrole nitrogens is 1. The molecule has 0 saturated heterocycles. The number of aliphatic hydroxyl groups is 1. The number of carbonyl (C=O) groups is 3. The summed E-state index contributed by atoms with van der Waals surface area (Å²) in [6.07, 6.45) is 3.13. The van der Waals surface area contributed by atoms with Gasteiger partial charge in [0.05, 0.1) is 19.0 Å². The highest BCUT2D eigenvalue weighted by Gasteiger charge is 2.23. The Morgan fingerprint density at radius 3 is 2.62 bits per heavy atom. The van der Waals surface area contributed by atoms with Gasteiger partial charge in [0.25, 0.3) is 0 Å². The van der Waals surface area contributed by atoms with Gasteiger partial charge in [-0.1, -0.05) is 0 Å². The summed E-state index contributed by atoms with van der Waals surface area (Å²) >= 11 is 0. The van der Waals surface area contributed by atoms with Crippen molar-refractivity contribution in [3.8, 4) is 0 Å². The number of carboxylic acids is 1. The second-order valence-electron chi connectivity index (χ2n) is 4.24. The van der Waals surface area contributed by atoms with Gasteiger partial charge in [-0.3, -0.25) is 14.4 Å². The lowest BCUT2D eigenvalue weighted by molar-refractivity contribution is -0.138. The summed E-state index contributed by atoms with van der Waals surface area (Å²) in [5.74, 6) is -2.68. The Kier molecular flexibility index (Phi) is 6.30. The zero-order valence-corrected chi connectivity index (χ0v) is 11.1. The van der Waals surface area contributed by atoms with Crippen LogP contribution in [0.5, 0.6) is 0 Å². The van der Waals surface area contributed by atoms with E-state index >= 15 is 0 Å². The summed E-state index contributed by atoms with van der Waals surface area (Å²) in [4.78, 5) is 40.2. The molecule has 1 aromatic rings. The SMILES string of the molecule is N[C@@H](Cc1cnc[nH]1)C(=O)N[C@@H](CO)C(=O)NCC(=O)O. The molecule has 1 aromatic heterocycles. The molecule has 116 valence electrons. The molecule has 0 bridgehead atoms. The standard InChI is InChI=1S/C11H17N5O5/c12-7(1-6-2-13-5-15-6)10(20)16-8(4-17)11(21)14-3-9(18)19/h2,5,7-8,17H,1,3-4,12H2,(H,13,15)(H,14,21)(H,16,20)(H,18,19)/t7-,8-/m0/s1. The lowest BCUT2D eigenvalue weighted by atomic mass is 10.1. The highest BCUT2D eigenvalue weighted by molar-refractivity contribution is 5.91. The number of nitrogens with two attached hydrogens (primary N) is 1. The van der Waals surface area contributed by atoms with Crippen LogP contribution in [0.4, 0.5) is 0 Å². The van der Waals surface area contributed by atoms with E-state index in [0.29, 0.717) is 5.69 Å². The third-order valence-electron chi connectivity index (χ3n) is 2.56. The third-order valence-corrected chi connectivity index (χ3v) is 2.56. The van der Waals surface area contributed by atoms with Gasteiger partial charge in [-0.25, -0.2) is 4.98 Å². The number of carboxylic acid groups (broad SMARTS) is 1. The average molecular weight is 299 g/mol. The third kappa shape index (κ3) is 5.58. The van der Waals surface area contributed by atoms with Crippen molar-refractivity contribution in [1.29, 1.82) is 0 Å². The van der Waals surface area contributed by atoms with Crippen LogP contribution < -0.4 is 16.4 Å². The second-order valence-corrected chi connectivity index (χ2v) is 4.24. The van der Waals surface area contributed by atoms with E-state index in [-0.39, 0.29) is 6.42 Å². The molecule has 1 heterocycles. The Bertz CT molecular complexity index is 489. The minimum Gasteiger partial charge on any atom is -0.480 e. The van der Waals surface area contributed by atoms with Crippen molar-refractivity contribution >= 4 is 17.8 Å². The predicted molar refractivity (Wildman–Crippen MR) is 69.9 cm³/mol. The highest BCUT2D eigenvalue weighted by Crippen LogP contribution is 1.97. The Morgan fingerprint density at radius 2 is 2.10 bits per heavy atom. The number of aliphatic hydroxyl groups excluding tert-OH is 1. The first kappa shape index (κ1) is 16.6. The van der Waals surface area contributed by atoms with E-state index in [2.05, 4.69) is 20.6 Å². The number of carbonyl (C=O) groups excluding carboxylic acids is 2. The monoisotopic (exact) mass is 299 g/mol. The lowest BCUT2D eigenvalue weighted by Gasteiger charge is -2.18. The maximum atomic E-state index is 11.8. The molecule has 21 heavy (non-hydrogen) atoms. The highest BCUT2D eigenvalue weighted by atomic mass is 16.4. The topological polar surface area (TPSA) is 170 Å². The van der Waals surface area contributed by atoms with Gasteiger partial charge in [0, 0.05) is 18.3 Å². The van der Waals surface area contributed by atoms with E-state index in [1.807, 2.05) is 0 Å². The van der Waals surface area contributed by atoms with Gasteiger partial charge >= 0.3 is 5.97 Å². The first-order valence-corrected chi connectivity index (χ1v) is 6.07. The Balaban J connectivity index is 2.49. The van der Waals surface area contributed by atoms with Crippen LogP contribution in [0.1, 0.15) is 5.69 Å². The van der Waals surface area contributed by atoms with Gasteiger partial charge in [-0.15, -0.1) is 0 Å². The second kappa shape index (κ2) is 7.97. The molecule has 0 aliphatic carbocycles. The van der Waals surface area contributed by atoms with Crippen LogP contribution in [0.2, 0.25) is 0 Å². The molecule has 7 N–H and O–H groups in total. The summed E-state index contributed by atoms with van der Waals surface area (Å²) < 4.78 is 0. The molecule has 0 saturated carbocycles. The number of imidazole rings is 1. The predicted octanol–water partition coefficient (Wildman–Crippen LogP) is -3.04. The molecule has 0 aliphatic rings. The number of hydrogen-bond acceptors (Lipinski definition) is 6. The summed E-state index contributed by atoms with van der Waals surface area (Å²) in [5, 5.41) is 21.8. The normalized spacial score (nSPS) is 13.2. The van der Waals surface area contributed by atoms with E-state index in [4.69, 9.17) is 15.9 Å². The fraction of sp³-hybridized carbons (Fsp3) is 0.455. The van der Waals surface area contributed by atoms with Gasteiger partial charge in [-0.2, -0.15) is 0 Å². The molecule has 2 amide bonds.